The van der Waals surface area contributed by atoms with Gasteiger partial charge in [0.05, 0.1) is 16.7 Å². The molecule has 3 amide bonds. The molecule has 31 heavy (non-hydrogen) atoms. The van der Waals surface area contributed by atoms with Crippen LogP contribution in [0.15, 0.2) is 35.2 Å². The van der Waals surface area contributed by atoms with Crippen molar-refractivity contribution in [2.45, 2.75) is 42.7 Å². The van der Waals surface area contributed by atoms with Gasteiger partial charge in [0.2, 0.25) is 0 Å². The quantitative estimate of drug-likeness (QED) is 0.620. The molecule has 2 aromatic rings. The molecular formula is C20H18F3N3O4S. The van der Waals surface area contributed by atoms with Crippen molar-refractivity contribution in [2.24, 2.45) is 0 Å². The van der Waals surface area contributed by atoms with Crippen LogP contribution >= 0.6 is 0 Å². The summed E-state index contributed by atoms with van der Waals surface area (Å²) in [6.45, 7) is 0. The van der Waals surface area contributed by atoms with Crippen LogP contribution in [0.1, 0.15) is 36.0 Å². The van der Waals surface area contributed by atoms with Crippen molar-refractivity contribution >= 4 is 34.3 Å². The highest BCUT2D eigenvalue weighted by atomic mass is 32.2. The number of anilines is 2. The Bertz CT molecular complexity index is 1070. The van der Waals surface area contributed by atoms with Gasteiger partial charge in [-0.25, -0.2) is 26.5 Å². The SMILES string of the molecule is O=C(Nc1cc(F)c(F)c(F)c1)c1ccc2c(c1)S(=O)N(C1CCC(O)CC1)C(=O)N2. The van der Waals surface area contributed by atoms with E-state index in [-0.39, 0.29) is 27.9 Å². The Morgan fingerprint density at radius 1 is 1.10 bits per heavy atom. The number of amides is 3. The maximum atomic E-state index is 13.4. The summed E-state index contributed by atoms with van der Waals surface area (Å²) in [5.74, 6) is -5.29. The lowest BCUT2D eigenvalue weighted by molar-refractivity contribution is 0.102. The Labute approximate surface area is 177 Å². The van der Waals surface area contributed by atoms with Crippen molar-refractivity contribution in [2.75, 3.05) is 10.6 Å². The monoisotopic (exact) mass is 453 g/mol. The van der Waals surface area contributed by atoms with Gasteiger partial charge in [-0.2, -0.15) is 0 Å². The second-order valence-corrected chi connectivity index (χ2v) is 8.72. The minimum Gasteiger partial charge on any atom is -0.393 e. The number of nitrogens with one attached hydrogen (secondary N) is 2. The fourth-order valence-corrected chi connectivity index (χ4v) is 5.11. The van der Waals surface area contributed by atoms with Crippen molar-refractivity contribution in [1.29, 1.82) is 0 Å². The number of nitrogens with zero attached hydrogens (tertiary/aromatic N) is 1. The molecule has 11 heteroatoms. The summed E-state index contributed by atoms with van der Waals surface area (Å²) in [5, 5.41) is 14.6. The molecule has 0 aromatic heterocycles. The Morgan fingerprint density at radius 3 is 2.39 bits per heavy atom. The standard InChI is InChI=1S/C20H18F3N3O4S/c21-14-8-11(9-15(22)18(14)23)24-19(28)10-1-6-16-17(7-10)31(30)26(20(29)25-16)12-2-4-13(27)5-3-12/h1,6-9,12-13,27H,2-5H2,(H,24,28)(H,25,29). The number of carbonyl (C=O) groups is 2. The summed E-state index contributed by atoms with van der Waals surface area (Å²) in [7, 11) is -1.89. The fraction of sp³-hybridized carbons (Fsp3) is 0.300. The van der Waals surface area contributed by atoms with Crippen molar-refractivity contribution in [3.63, 3.8) is 0 Å². The number of benzene rings is 2. The first-order chi connectivity index (χ1) is 14.7. The lowest BCUT2D eigenvalue weighted by atomic mass is 9.93. The van der Waals surface area contributed by atoms with Crippen LogP contribution in [0.3, 0.4) is 0 Å². The van der Waals surface area contributed by atoms with Gasteiger partial charge in [0.15, 0.2) is 28.4 Å². The maximum Gasteiger partial charge on any atom is 0.334 e. The van der Waals surface area contributed by atoms with Gasteiger partial charge in [0.25, 0.3) is 5.91 Å². The average Bonchev–Trinajstić information content (AvgIpc) is 2.73. The summed E-state index contributed by atoms with van der Waals surface area (Å²) in [5.41, 5.74) is 0.0363. The van der Waals surface area contributed by atoms with Crippen molar-refractivity contribution in [3.05, 3.63) is 53.3 Å². The first-order valence-corrected chi connectivity index (χ1v) is 10.7. The molecule has 1 heterocycles. The lowest BCUT2D eigenvalue weighted by Gasteiger charge is -2.37. The molecule has 1 unspecified atom stereocenters. The van der Waals surface area contributed by atoms with E-state index in [9.17, 15) is 32.1 Å². The van der Waals surface area contributed by atoms with E-state index in [0.29, 0.717) is 37.8 Å². The van der Waals surface area contributed by atoms with Crippen LogP contribution in [0.4, 0.5) is 29.3 Å². The second-order valence-electron chi connectivity index (χ2n) is 7.39. The molecule has 4 rings (SSSR count). The molecule has 0 bridgehead atoms. The molecule has 1 saturated carbocycles. The number of aliphatic hydroxyl groups is 1. The summed E-state index contributed by atoms with van der Waals surface area (Å²) >= 11 is 0. The van der Waals surface area contributed by atoms with Crippen molar-refractivity contribution in [1.82, 2.24) is 4.31 Å². The van der Waals surface area contributed by atoms with Crippen LogP contribution in [0.25, 0.3) is 0 Å². The van der Waals surface area contributed by atoms with Gasteiger partial charge in [-0.15, -0.1) is 0 Å². The third-order valence-corrected chi connectivity index (χ3v) is 6.83. The summed E-state index contributed by atoms with van der Waals surface area (Å²) in [4.78, 5) is 25.2. The van der Waals surface area contributed by atoms with Crippen LogP contribution in [-0.4, -0.2) is 37.7 Å². The van der Waals surface area contributed by atoms with E-state index in [1.54, 1.807) is 0 Å². The van der Waals surface area contributed by atoms with Crippen molar-refractivity contribution < 1.29 is 32.1 Å². The Kier molecular flexibility index (Phi) is 5.71. The fourth-order valence-electron chi connectivity index (χ4n) is 3.69. The van der Waals surface area contributed by atoms with E-state index >= 15 is 0 Å². The molecule has 0 saturated heterocycles. The van der Waals surface area contributed by atoms with Crippen LogP contribution in [0.2, 0.25) is 0 Å². The van der Waals surface area contributed by atoms with E-state index in [0.717, 1.165) is 0 Å². The summed E-state index contributed by atoms with van der Waals surface area (Å²) < 4.78 is 54.2. The number of hydrogen-bond acceptors (Lipinski definition) is 4. The van der Waals surface area contributed by atoms with Crippen LogP contribution in [0, 0.1) is 17.5 Å². The predicted molar refractivity (Wildman–Crippen MR) is 106 cm³/mol. The normalized spacial score (nSPS) is 23.2. The van der Waals surface area contributed by atoms with E-state index in [4.69, 9.17) is 0 Å². The van der Waals surface area contributed by atoms with Gasteiger partial charge < -0.3 is 15.7 Å². The minimum atomic E-state index is -1.89. The molecule has 2 aromatic carbocycles. The molecule has 0 spiro atoms. The number of halogens is 3. The zero-order valence-corrected chi connectivity index (χ0v) is 16.8. The molecule has 1 fully saturated rings. The van der Waals surface area contributed by atoms with E-state index in [1.807, 2.05) is 0 Å². The maximum absolute atomic E-state index is 13.4. The highest BCUT2D eigenvalue weighted by Crippen LogP contribution is 2.33. The molecule has 7 nitrogen and oxygen atoms in total. The molecule has 164 valence electrons. The molecule has 1 aliphatic heterocycles. The van der Waals surface area contributed by atoms with Gasteiger partial charge in [0.1, 0.15) is 0 Å². The number of hydrogen-bond donors (Lipinski definition) is 3. The largest absolute Gasteiger partial charge is 0.393 e. The molecule has 1 atom stereocenters. The molecule has 3 N–H and O–H groups in total. The zero-order valence-electron chi connectivity index (χ0n) is 16.0. The number of urea groups is 1. The lowest BCUT2D eigenvalue weighted by Crippen LogP contribution is -2.48. The topological polar surface area (TPSA) is 98.7 Å². The molecular weight excluding hydrogens is 435 g/mol. The minimum absolute atomic E-state index is 0.0346. The first-order valence-electron chi connectivity index (χ1n) is 9.54. The summed E-state index contributed by atoms with van der Waals surface area (Å²) in [6, 6.07) is 4.53. The van der Waals surface area contributed by atoms with E-state index in [2.05, 4.69) is 10.6 Å². The van der Waals surface area contributed by atoms with Gasteiger partial charge in [-0.1, -0.05) is 0 Å². The number of carbonyl (C=O) groups excluding carboxylic acids is 2. The number of aliphatic hydroxyl groups excluding tert-OH is 1. The first kappa shape index (κ1) is 21.3. The summed E-state index contributed by atoms with van der Waals surface area (Å²) in [6.07, 6.45) is 1.54. The van der Waals surface area contributed by atoms with Crippen LogP contribution in [-0.2, 0) is 11.0 Å². The van der Waals surface area contributed by atoms with Crippen LogP contribution in [0.5, 0.6) is 0 Å². The Balaban J connectivity index is 1.57. The highest BCUT2D eigenvalue weighted by molar-refractivity contribution is 7.83. The molecule has 0 radical (unpaired) electrons. The molecule has 1 aliphatic carbocycles. The number of fused-ring (bicyclic) bond motifs is 1. The van der Waals surface area contributed by atoms with E-state index < -0.39 is 46.5 Å². The van der Waals surface area contributed by atoms with Crippen molar-refractivity contribution in [3.8, 4) is 0 Å². The Hall–Kier alpha value is -2.92. The van der Waals surface area contributed by atoms with Gasteiger partial charge in [0, 0.05) is 29.4 Å². The molecule has 2 aliphatic rings. The van der Waals surface area contributed by atoms with E-state index in [1.165, 1.54) is 22.5 Å². The Morgan fingerprint density at radius 2 is 1.74 bits per heavy atom. The highest BCUT2D eigenvalue weighted by Gasteiger charge is 2.37. The average molecular weight is 453 g/mol. The van der Waals surface area contributed by atoms with Gasteiger partial charge in [-0.05, 0) is 43.9 Å². The van der Waals surface area contributed by atoms with Gasteiger partial charge in [-0.3, -0.25) is 4.79 Å². The second kappa shape index (κ2) is 8.31. The zero-order chi connectivity index (χ0) is 22.3. The predicted octanol–water partition coefficient (Wildman–Crippen LogP) is 3.53. The number of rotatable bonds is 3. The smallest absolute Gasteiger partial charge is 0.334 e. The van der Waals surface area contributed by atoms with Crippen LogP contribution < -0.4 is 10.6 Å². The third kappa shape index (κ3) is 4.15. The third-order valence-electron chi connectivity index (χ3n) is 5.29. The van der Waals surface area contributed by atoms with Gasteiger partial charge >= 0.3 is 6.03 Å².